The Kier molecular flexibility index (Phi) is 5.56. The molecule has 0 spiro atoms. The molecule has 1 aromatic heterocycles. The standard InChI is InChI=1S/C23H31N5O/c1-17-16-18(2)24-22-21(17)23(29)26(4)19-8-5-6-9-20(19)28(22)11-7-10-27-14-12-25(3)13-15-27/h5-6,8-9,16H,7,10-15H2,1-4H3. The summed E-state index contributed by atoms with van der Waals surface area (Å²) >= 11 is 0. The number of rotatable bonds is 4. The van der Waals surface area contributed by atoms with Crippen molar-refractivity contribution in [2.75, 3.05) is 63.2 Å². The van der Waals surface area contributed by atoms with Crippen molar-refractivity contribution in [3.05, 3.63) is 47.2 Å². The Bertz CT molecular complexity index is 904. The zero-order valence-corrected chi connectivity index (χ0v) is 18.0. The number of para-hydroxylation sites is 2. The normalized spacial score (nSPS) is 17.9. The third-order valence-corrected chi connectivity index (χ3v) is 6.09. The van der Waals surface area contributed by atoms with E-state index in [1.807, 2.05) is 45.2 Å². The van der Waals surface area contributed by atoms with E-state index in [2.05, 4.69) is 27.8 Å². The van der Waals surface area contributed by atoms with Crippen molar-refractivity contribution in [1.82, 2.24) is 14.8 Å². The van der Waals surface area contributed by atoms with E-state index in [-0.39, 0.29) is 5.91 Å². The molecule has 1 saturated heterocycles. The molecule has 2 aromatic rings. The van der Waals surface area contributed by atoms with Gasteiger partial charge in [-0.15, -0.1) is 0 Å². The van der Waals surface area contributed by atoms with Gasteiger partial charge in [-0.05, 0) is 57.6 Å². The molecule has 0 bridgehead atoms. The molecule has 0 unspecified atom stereocenters. The first kappa shape index (κ1) is 19.9. The van der Waals surface area contributed by atoms with E-state index in [0.29, 0.717) is 5.56 Å². The number of carbonyl (C=O) groups excluding carboxylic acids is 1. The zero-order valence-electron chi connectivity index (χ0n) is 18.0. The highest BCUT2D eigenvalue weighted by atomic mass is 16.2. The lowest BCUT2D eigenvalue weighted by molar-refractivity contribution is 0.0993. The van der Waals surface area contributed by atoms with Gasteiger partial charge in [0.2, 0.25) is 0 Å². The van der Waals surface area contributed by atoms with E-state index < -0.39 is 0 Å². The third kappa shape index (κ3) is 3.87. The van der Waals surface area contributed by atoms with Gasteiger partial charge in [-0.25, -0.2) is 4.98 Å². The number of hydrogen-bond acceptors (Lipinski definition) is 5. The number of pyridine rings is 1. The Morgan fingerprint density at radius 1 is 0.966 bits per heavy atom. The van der Waals surface area contributed by atoms with Gasteiger partial charge in [-0.3, -0.25) is 4.79 Å². The van der Waals surface area contributed by atoms with Gasteiger partial charge >= 0.3 is 0 Å². The fourth-order valence-corrected chi connectivity index (χ4v) is 4.39. The number of anilines is 3. The highest BCUT2D eigenvalue weighted by Gasteiger charge is 2.31. The Labute approximate surface area is 173 Å². The monoisotopic (exact) mass is 393 g/mol. The molecule has 0 N–H and O–H groups in total. The molecule has 4 rings (SSSR count). The summed E-state index contributed by atoms with van der Waals surface area (Å²) in [5.74, 6) is 0.807. The number of nitrogens with zero attached hydrogens (tertiary/aromatic N) is 5. The van der Waals surface area contributed by atoms with Crippen LogP contribution in [0.3, 0.4) is 0 Å². The molecular formula is C23H31N5O. The predicted molar refractivity (Wildman–Crippen MR) is 118 cm³/mol. The summed E-state index contributed by atoms with van der Waals surface area (Å²) in [5.41, 5.74) is 4.64. The van der Waals surface area contributed by atoms with Crippen LogP contribution in [-0.2, 0) is 0 Å². The van der Waals surface area contributed by atoms with E-state index in [4.69, 9.17) is 4.98 Å². The minimum atomic E-state index is 0.0130. The van der Waals surface area contributed by atoms with Gasteiger partial charge in [0.1, 0.15) is 5.82 Å². The zero-order chi connectivity index (χ0) is 20.5. The summed E-state index contributed by atoms with van der Waals surface area (Å²) in [4.78, 5) is 27.0. The van der Waals surface area contributed by atoms with Crippen molar-refractivity contribution in [1.29, 1.82) is 0 Å². The molecule has 0 atom stereocenters. The molecule has 1 aromatic carbocycles. The summed E-state index contributed by atoms with van der Waals surface area (Å²) in [5, 5.41) is 0. The lowest BCUT2D eigenvalue weighted by Crippen LogP contribution is -2.45. The molecule has 3 heterocycles. The summed E-state index contributed by atoms with van der Waals surface area (Å²) in [6, 6.07) is 10.2. The minimum Gasteiger partial charge on any atom is -0.324 e. The summed E-state index contributed by atoms with van der Waals surface area (Å²) in [6.45, 7) is 10.4. The van der Waals surface area contributed by atoms with Crippen molar-refractivity contribution in [3.8, 4) is 0 Å². The van der Waals surface area contributed by atoms with Crippen molar-refractivity contribution in [3.63, 3.8) is 0 Å². The maximum atomic E-state index is 13.3. The summed E-state index contributed by atoms with van der Waals surface area (Å²) in [7, 11) is 4.05. The number of carbonyl (C=O) groups is 1. The topological polar surface area (TPSA) is 42.9 Å². The average molecular weight is 394 g/mol. The van der Waals surface area contributed by atoms with E-state index in [9.17, 15) is 4.79 Å². The summed E-state index contributed by atoms with van der Waals surface area (Å²) in [6.07, 6.45) is 1.03. The van der Waals surface area contributed by atoms with Gasteiger partial charge in [0.25, 0.3) is 5.91 Å². The average Bonchev–Trinajstić information content (AvgIpc) is 2.79. The lowest BCUT2D eigenvalue weighted by atomic mass is 10.1. The maximum absolute atomic E-state index is 13.3. The van der Waals surface area contributed by atoms with Crippen LogP contribution in [0, 0.1) is 13.8 Å². The van der Waals surface area contributed by atoms with Crippen LogP contribution in [0.1, 0.15) is 28.0 Å². The second kappa shape index (κ2) is 8.13. The Morgan fingerprint density at radius 3 is 2.38 bits per heavy atom. The van der Waals surface area contributed by atoms with Crippen LogP contribution in [0.25, 0.3) is 0 Å². The number of amides is 1. The van der Waals surface area contributed by atoms with Crippen LogP contribution < -0.4 is 9.80 Å². The van der Waals surface area contributed by atoms with E-state index >= 15 is 0 Å². The van der Waals surface area contributed by atoms with Crippen LogP contribution in [0.15, 0.2) is 30.3 Å². The molecule has 0 saturated carbocycles. The highest BCUT2D eigenvalue weighted by Crippen LogP contribution is 2.40. The number of hydrogen-bond donors (Lipinski definition) is 0. The smallest absolute Gasteiger partial charge is 0.262 e. The Hall–Kier alpha value is -2.44. The van der Waals surface area contributed by atoms with Crippen LogP contribution in [-0.4, -0.2) is 74.1 Å². The van der Waals surface area contributed by atoms with Gasteiger partial charge in [0.15, 0.2) is 0 Å². The molecule has 0 radical (unpaired) electrons. The SMILES string of the molecule is Cc1cc(C)c2c(n1)N(CCCN1CCN(C)CC1)c1ccccc1N(C)C2=O. The lowest BCUT2D eigenvalue weighted by Gasteiger charge is -2.33. The fourth-order valence-electron chi connectivity index (χ4n) is 4.39. The maximum Gasteiger partial charge on any atom is 0.262 e. The second-order valence-electron chi connectivity index (χ2n) is 8.28. The Morgan fingerprint density at radius 2 is 1.66 bits per heavy atom. The number of aromatic nitrogens is 1. The highest BCUT2D eigenvalue weighted by molar-refractivity contribution is 6.13. The van der Waals surface area contributed by atoms with Crippen LogP contribution >= 0.6 is 0 Å². The molecule has 2 aliphatic heterocycles. The first-order chi connectivity index (χ1) is 14.0. The molecule has 6 nitrogen and oxygen atoms in total. The molecule has 1 fully saturated rings. The van der Waals surface area contributed by atoms with Crippen LogP contribution in [0.5, 0.6) is 0 Å². The molecular weight excluding hydrogens is 362 g/mol. The number of benzene rings is 1. The van der Waals surface area contributed by atoms with Gasteiger partial charge in [0.05, 0.1) is 16.9 Å². The van der Waals surface area contributed by atoms with E-state index in [1.165, 1.54) is 0 Å². The summed E-state index contributed by atoms with van der Waals surface area (Å²) < 4.78 is 0. The van der Waals surface area contributed by atoms with Crippen molar-refractivity contribution >= 4 is 23.1 Å². The minimum absolute atomic E-state index is 0.0130. The third-order valence-electron chi connectivity index (χ3n) is 6.09. The van der Waals surface area contributed by atoms with Gasteiger partial charge in [-0.1, -0.05) is 12.1 Å². The molecule has 6 heteroatoms. The van der Waals surface area contributed by atoms with Crippen molar-refractivity contribution < 1.29 is 4.79 Å². The molecule has 2 aliphatic rings. The number of piperazine rings is 1. The molecule has 154 valence electrons. The molecule has 1 amide bonds. The van der Waals surface area contributed by atoms with Gasteiger partial charge < -0.3 is 19.6 Å². The predicted octanol–water partition coefficient (Wildman–Crippen LogP) is 3.06. The fraction of sp³-hybridized carbons (Fsp3) is 0.478. The Balaban J connectivity index is 1.66. The van der Waals surface area contributed by atoms with Crippen molar-refractivity contribution in [2.45, 2.75) is 20.3 Å². The van der Waals surface area contributed by atoms with Gasteiger partial charge in [0, 0.05) is 45.5 Å². The largest absolute Gasteiger partial charge is 0.324 e. The first-order valence-electron chi connectivity index (χ1n) is 10.5. The van der Waals surface area contributed by atoms with Crippen molar-refractivity contribution in [2.24, 2.45) is 0 Å². The van der Waals surface area contributed by atoms with E-state index in [1.54, 1.807) is 4.90 Å². The molecule has 29 heavy (non-hydrogen) atoms. The van der Waals surface area contributed by atoms with Crippen LogP contribution in [0.2, 0.25) is 0 Å². The first-order valence-corrected chi connectivity index (χ1v) is 10.5. The number of likely N-dealkylation sites (N-methyl/N-ethyl adjacent to an activating group) is 1. The second-order valence-corrected chi connectivity index (χ2v) is 8.28. The van der Waals surface area contributed by atoms with Gasteiger partial charge in [-0.2, -0.15) is 0 Å². The van der Waals surface area contributed by atoms with E-state index in [0.717, 1.165) is 74.1 Å². The molecule has 0 aliphatic carbocycles. The number of fused-ring (bicyclic) bond motifs is 2. The number of aryl methyl sites for hydroxylation is 2. The van der Waals surface area contributed by atoms with Crippen LogP contribution in [0.4, 0.5) is 17.2 Å². The quantitative estimate of drug-likeness (QED) is 0.799.